The number of hydrogen-bond acceptors (Lipinski definition) is 6. The highest BCUT2D eigenvalue weighted by Gasteiger charge is 2.12. The highest BCUT2D eigenvalue weighted by Crippen LogP contribution is 2.22. The van der Waals surface area contributed by atoms with Gasteiger partial charge in [-0.15, -0.1) is 4.73 Å². The zero-order valence-corrected chi connectivity index (χ0v) is 12.3. The normalized spacial score (nSPS) is 10.4. The first kappa shape index (κ1) is 14.5. The van der Waals surface area contributed by atoms with Crippen LogP contribution in [0.15, 0.2) is 41.5 Å². The maximum Gasteiger partial charge on any atom is 0.286 e. The molecule has 7 nitrogen and oxygen atoms in total. The summed E-state index contributed by atoms with van der Waals surface area (Å²) < 4.78 is 0.505. The molecule has 0 aliphatic heterocycles. The van der Waals surface area contributed by atoms with Gasteiger partial charge in [0.1, 0.15) is 6.33 Å². The van der Waals surface area contributed by atoms with E-state index in [0.717, 1.165) is 5.56 Å². The summed E-state index contributed by atoms with van der Waals surface area (Å²) in [5, 5.41) is 22.5. The van der Waals surface area contributed by atoms with Gasteiger partial charge in [0.25, 0.3) is 5.56 Å². The number of aromatic nitrogens is 3. The molecule has 0 bridgehead atoms. The number of nitrogens with zero attached hydrogens (tertiary/aromatic N) is 4. The fourth-order valence-corrected chi connectivity index (χ4v) is 2.39. The second kappa shape index (κ2) is 5.77. The number of fused-ring (bicyclic) bond motifs is 1. The van der Waals surface area contributed by atoms with Crippen LogP contribution in [0.1, 0.15) is 16.8 Å². The minimum absolute atomic E-state index is 0.151. The predicted molar refractivity (Wildman–Crippen MR) is 84.2 cm³/mol. The molecular formula is C16H13N5O2. The quantitative estimate of drug-likeness (QED) is 0.715. The van der Waals surface area contributed by atoms with E-state index >= 15 is 0 Å². The van der Waals surface area contributed by atoms with Gasteiger partial charge in [0, 0.05) is 12.6 Å². The van der Waals surface area contributed by atoms with E-state index in [0.29, 0.717) is 33.6 Å². The molecule has 0 aliphatic carbocycles. The topological polar surface area (TPSA) is 104 Å². The third kappa shape index (κ3) is 2.70. The Morgan fingerprint density at radius 1 is 1.35 bits per heavy atom. The minimum atomic E-state index is -0.580. The van der Waals surface area contributed by atoms with Crippen molar-refractivity contribution in [2.24, 2.45) is 0 Å². The van der Waals surface area contributed by atoms with E-state index < -0.39 is 5.56 Å². The predicted octanol–water partition coefficient (Wildman–Crippen LogP) is 1.82. The number of nitrogens with one attached hydrogen (secondary N) is 1. The molecule has 0 saturated carbocycles. The van der Waals surface area contributed by atoms with Crippen LogP contribution in [0.5, 0.6) is 0 Å². The van der Waals surface area contributed by atoms with Gasteiger partial charge in [0.15, 0.2) is 5.65 Å². The fraction of sp³-hybridized carbons (Fsp3) is 0.125. The molecule has 114 valence electrons. The Bertz CT molecular complexity index is 988. The first-order chi connectivity index (χ1) is 11.1. The van der Waals surface area contributed by atoms with Crippen LogP contribution >= 0.6 is 0 Å². The summed E-state index contributed by atoms with van der Waals surface area (Å²) in [6.07, 6.45) is 1.30. The molecule has 0 unspecified atom stereocenters. The van der Waals surface area contributed by atoms with E-state index in [1.807, 2.05) is 6.07 Å². The molecule has 0 saturated heterocycles. The van der Waals surface area contributed by atoms with Crippen molar-refractivity contribution >= 4 is 16.7 Å². The molecule has 0 spiro atoms. The van der Waals surface area contributed by atoms with Gasteiger partial charge in [-0.25, -0.2) is 9.97 Å². The second-order valence-electron chi connectivity index (χ2n) is 5.03. The van der Waals surface area contributed by atoms with Crippen LogP contribution in [0.4, 0.5) is 5.69 Å². The Labute approximate surface area is 131 Å². The lowest BCUT2D eigenvalue weighted by molar-refractivity contribution is 0.186. The lowest BCUT2D eigenvalue weighted by Crippen LogP contribution is -2.20. The summed E-state index contributed by atoms with van der Waals surface area (Å²) in [7, 11) is 0. The average molecular weight is 307 g/mol. The maximum absolute atomic E-state index is 11.8. The molecule has 2 aromatic heterocycles. The average Bonchev–Trinajstić information content (AvgIpc) is 2.57. The highest BCUT2D eigenvalue weighted by atomic mass is 16.5. The van der Waals surface area contributed by atoms with E-state index in [4.69, 9.17) is 5.26 Å². The van der Waals surface area contributed by atoms with Crippen molar-refractivity contribution in [3.8, 4) is 6.07 Å². The summed E-state index contributed by atoms with van der Waals surface area (Å²) >= 11 is 0. The van der Waals surface area contributed by atoms with Crippen LogP contribution < -0.4 is 10.9 Å². The Morgan fingerprint density at radius 2 is 2.17 bits per heavy atom. The molecule has 0 aliphatic rings. The molecule has 7 heteroatoms. The van der Waals surface area contributed by atoms with Crippen LogP contribution in [-0.4, -0.2) is 19.9 Å². The van der Waals surface area contributed by atoms with E-state index in [9.17, 15) is 10.0 Å². The Hall–Kier alpha value is -3.40. The molecule has 23 heavy (non-hydrogen) atoms. The fourth-order valence-electron chi connectivity index (χ4n) is 2.39. The number of aryl methyl sites for hydroxylation is 1. The first-order valence-electron chi connectivity index (χ1n) is 6.89. The second-order valence-corrected chi connectivity index (χ2v) is 5.03. The molecule has 0 radical (unpaired) electrons. The third-order valence-corrected chi connectivity index (χ3v) is 3.50. The zero-order chi connectivity index (χ0) is 16.4. The van der Waals surface area contributed by atoms with Crippen LogP contribution in [0.2, 0.25) is 0 Å². The number of benzene rings is 1. The van der Waals surface area contributed by atoms with Gasteiger partial charge in [-0.1, -0.05) is 12.1 Å². The number of nitriles is 1. The summed E-state index contributed by atoms with van der Waals surface area (Å²) in [6, 6.07) is 10.6. The van der Waals surface area contributed by atoms with Gasteiger partial charge in [0.2, 0.25) is 0 Å². The summed E-state index contributed by atoms with van der Waals surface area (Å²) in [6.45, 7) is 2.20. The van der Waals surface area contributed by atoms with Crippen LogP contribution in [-0.2, 0) is 6.54 Å². The largest absolute Gasteiger partial charge is 0.423 e. The van der Waals surface area contributed by atoms with E-state index in [1.54, 1.807) is 25.1 Å². The molecule has 3 rings (SSSR count). The van der Waals surface area contributed by atoms with Crippen molar-refractivity contribution in [3.63, 3.8) is 0 Å². The minimum Gasteiger partial charge on any atom is -0.423 e. The Kier molecular flexibility index (Phi) is 3.65. The van der Waals surface area contributed by atoms with Crippen LogP contribution in [0, 0.1) is 18.3 Å². The maximum atomic E-state index is 11.8. The van der Waals surface area contributed by atoms with Crippen molar-refractivity contribution < 1.29 is 5.21 Å². The third-order valence-electron chi connectivity index (χ3n) is 3.50. The van der Waals surface area contributed by atoms with Crippen molar-refractivity contribution in [3.05, 3.63) is 63.8 Å². The number of hydrogen-bond donors (Lipinski definition) is 2. The molecule has 0 atom stereocenters. The first-order valence-corrected chi connectivity index (χ1v) is 6.89. The molecular weight excluding hydrogens is 294 g/mol. The van der Waals surface area contributed by atoms with E-state index in [-0.39, 0.29) is 5.65 Å². The van der Waals surface area contributed by atoms with Crippen molar-refractivity contribution in [1.82, 2.24) is 14.7 Å². The van der Waals surface area contributed by atoms with Gasteiger partial charge >= 0.3 is 0 Å². The lowest BCUT2D eigenvalue weighted by atomic mass is 10.1. The molecule has 3 aromatic rings. The smallest absolute Gasteiger partial charge is 0.286 e. The summed E-state index contributed by atoms with van der Waals surface area (Å²) in [5.41, 5.74) is 2.23. The molecule has 1 aromatic carbocycles. The van der Waals surface area contributed by atoms with Gasteiger partial charge in [-0.2, -0.15) is 5.26 Å². The number of rotatable bonds is 3. The van der Waals surface area contributed by atoms with Gasteiger partial charge in [0.05, 0.1) is 28.4 Å². The summed E-state index contributed by atoms with van der Waals surface area (Å²) in [5.74, 6) is 0. The van der Waals surface area contributed by atoms with Crippen molar-refractivity contribution in [2.45, 2.75) is 13.5 Å². The Morgan fingerprint density at radius 3 is 2.96 bits per heavy atom. The lowest BCUT2D eigenvalue weighted by Gasteiger charge is -2.12. The monoisotopic (exact) mass is 307 g/mol. The molecule has 2 heterocycles. The number of pyridine rings is 1. The molecule has 2 N–H and O–H groups in total. The molecule has 0 fully saturated rings. The molecule has 0 amide bonds. The van der Waals surface area contributed by atoms with Crippen LogP contribution in [0.3, 0.4) is 0 Å². The highest BCUT2D eigenvalue weighted by molar-refractivity contribution is 5.90. The standard InChI is InChI=1S/C16H13N5O2/c1-10-15-13(6-14(22)21(23)16(15)20-9-19-10)18-8-12-4-2-3-11(5-12)7-17/h2-6,9,18,23H,8H2,1H3. The van der Waals surface area contributed by atoms with Gasteiger partial charge < -0.3 is 10.5 Å². The number of anilines is 1. The zero-order valence-electron chi connectivity index (χ0n) is 12.3. The van der Waals surface area contributed by atoms with Crippen LogP contribution in [0.25, 0.3) is 11.0 Å². The van der Waals surface area contributed by atoms with Gasteiger partial charge in [-0.3, -0.25) is 4.79 Å². The SMILES string of the molecule is Cc1ncnc2c1c(NCc1cccc(C#N)c1)cc(=O)n2O. The van der Waals surface area contributed by atoms with Gasteiger partial charge in [-0.05, 0) is 24.6 Å². The van der Waals surface area contributed by atoms with Crippen molar-refractivity contribution in [1.29, 1.82) is 5.26 Å². The van der Waals surface area contributed by atoms with E-state index in [1.165, 1.54) is 12.4 Å². The Balaban J connectivity index is 2.02. The van der Waals surface area contributed by atoms with E-state index in [2.05, 4.69) is 21.4 Å². The summed E-state index contributed by atoms with van der Waals surface area (Å²) in [4.78, 5) is 19.9. The van der Waals surface area contributed by atoms with Crippen molar-refractivity contribution in [2.75, 3.05) is 5.32 Å².